The minimum absolute atomic E-state index is 0.434. The first-order chi connectivity index (χ1) is 8.12. The molecule has 1 heteroatoms. The van der Waals surface area contributed by atoms with Crippen molar-refractivity contribution in [2.24, 2.45) is 11.3 Å². The first kappa shape index (κ1) is 18.0. The Morgan fingerprint density at radius 1 is 0.778 bits per heavy atom. The van der Waals surface area contributed by atoms with Crippen LogP contribution < -0.4 is 0 Å². The van der Waals surface area contributed by atoms with E-state index in [2.05, 4.69) is 34.6 Å². The fourth-order valence-electron chi connectivity index (χ4n) is 2.35. The van der Waals surface area contributed by atoms with Gasteiger partial charge in [-0.05, 0) is 37.5 Å². The first-order valence-electron chi connectivity index (χ1n) is 7.85. The number of aliphatic hydroxyl groups is 1. The fourth-order valence-corrected chi connectivity index (χ4v) is 2.35. The number of hydrogen-bond acceptors (Lipinski definition) is 1. The molecule has 0 aliphatic carbocycles. The van der Waals surface area contributed by atoms with Gasteiger partial charge in [-0.25, -0.2) is 0 Å². The highest BCUT2D eigenvalue weighted by atomic mass is 16.3. The second-order valence-corrected chi connectivity index (χ2v) is 7.90. The smallest absolute Gasteiger partial charge is 0.0619 e. The predicted octanol–water partition coefficient (Wildman–Crippen LogP) is 5.56. The van der Waals surface area contributed by atoms with E-state index in [0.29, 0.717) is 5.41 Å². The highest BCUT2D eigenvalue weighted by Crippen LogP contribution is 2.25. The van der Waals surface area contributed by atoms with Crippen LogP contribution in [0.5, 0.6) is 0 Å². The molecule has 0 aromatic heterocycles. The largest absolute Gasteiger partial charge is 0.390 e. The minimum Gasteiger partial charge on any atom is -0.390 e. The molecule has 0 saturated carbocycles. The lowest BCUT2D eigenvalue weighted by Gasteiger charge is -2.24. The van der Waals surface area contributed by atoms with Gasteiger partial charge in [0.25, 0.3) is 0 Å². The number of rotatable bonds is 9. The monoisotopic (exact) mass is 256 g/mol. The van der Waals surface area contributed by atoms with Gasteiger partial charge < -0.3 is 5.11 Å². The van der Waals surface area contributed by atoms with E-state index in [1.807, 2.05) is 6.92 Å². The average molecular weight is 256 g/mol. The Labute approximate surface area is 115 Å². The maximum atomic E-state index is 10.3. The van der Waals surface area contributed by atoms with Gasteiger partial charge in [0, 0.05) is 0 Å². The highest BCUT2D eigenvalue weighted by molar-refractivity contribution is 4.73. The van der Waals surface area contributed by atoms with Crippen LogP contribution in [0.25, 0.3) is 0 Å². The molecule has 110 valence electrons. The summed E-state index contributed by atoms with van der Waals surface area (Å²) in [5.41, 5.74) is 0.0242. The van der Waals surface area contributed by atoms with Crippen LogP contribution in [-0.2, 0) is 0 Å². The van der Waals surface area contributed by atoms with Gasteiger partial charge >= 0.3 is 0 Å². The molecule has 0 aliphatic rings. The van der Waals surface area contributed by atoms with Crippen LogP contribution in [0.15, 0.2) is 0 Å². The summed E-state index contributed by atoms with van der Waals surface area (Å²) in [5.74, 6) is 0.757. The van der Waals surface area contributed by atoms with Gasteiger partial charge in [-0.1, -0.05) is 66.7 Å². The Morgan fingerprint density at radius 3 is 1.78 bits per heavy atom. The predicted molar refractivity (Wildman–Crippen MR) is 81.9 cm³/mol. The topological polar surface area (TPSA) is 20.2 Å². The molecule has 0 heterocycles. The maximum absolute atomic E-state index is 10.3. The van der Waals surface area contributed by atoms with Crippen molar-refractivity contribution < 1.29 is 5.11 Å². The summed E-state index contributed by atoms with van der Waals surface area (Å²) in [6, 6.07) is 0. The van der Waals surface area contributed by atoms with E-state index in [-0.39, 0.29) is 0 Å². The van der Waals surface area contributed by atoms with Gasteiger partial charge in [0.15, 0.2) is 0 Å². The van der Waals surface area contributed by atoms with Crippen molar-refractivity contribution in [1.29, 1.82) is 0 Å². The van der Waals surface area contributed by atoms with E-state index >= 15 is 0 Å². The van der Waals surface area contributed by atoms with Crippen molar-refractivity contribution >= 4 is 0 Å². The van der Waals surface area contributed by atoms with Crippen LogP contribution in [-0.4, -0.2) is 10.7 Å². The van der Waals surface area contributed by atoms with Gasteiger partial charge in [-0.3, -0.25) is 0 Å². The zero-order chi connectivity index (χ0) is 14.2. The molecule has 0 saturated heterocycles. The molecule has 1 unspecified atom stereocenters. The fraction of sp³-hybridized carbons (Fsp3) is 1.00. The van der Waals surface area contributed by atoms with Crippen LogP contribution in [0.1, 0.15) is 92.9 Å². The molecular weight excluding hydrogens is 220 g/mol. The molecule has 0 aromatic carbocycles. The van der Waals surface area contributed by atoms with E-state index in [9.17, 15) is 5.11 Å². The van der Waals surface area contributed by atoms with Crippen LogP contribution in [0, 0.1) is 11.3 Å². The van der Waals surface area contributed by atoms with E-state index in [1.54, 1.807) is 0 Å². The first-order valence-corrected chi connectivity index (χ1v) is 7.85. The lowest BCUT2D eigenvalue weighted by Crippen LogP contribution is -2.23. The Hall–Kier alpha value is -0.0400. The Kier molecular flexibility index (Phi) is 8.18. The summed E-state index contributed by atoms with van der Waals surface area (Å²) in [7, 11) is 0. The lowest BCUT2D eigenvalue weighted by molar-refractivity contribution is 0.0358. The van der Waals surface area contributed by atoms with Gasteiger partial charge in [-0.2, -0.15) is 0 Å². The normalized spacial score (nSPS) is 16.0. The third-order valence-corrected chi connectivity index (χ3v) is 3.64. The molecule has 18 heavy (non-hydrogen) atoms. The Morgan fingerprint density at radius 2 is 1.28 bits per heavy atom. The second kappa shape index (κ2) is 8.19. The molecule has 1 N–H and O–H groups in total. The average Bonchev–Trinajstić information content (AvgIpc) is 2.13. The molecule has 0 radical (unpaired) electrons. The maximum Gasteiger partial charge on any atom is 0.0619 e. The van der Waals surface area contributed by atoms with Gasteiger partial charge in [0.2, 0.25) is 0 Å². The van der Waals surface area contributed by atoms with Crippen molar-refractivity contribution in [3.8, 4) is 0 Å². The summed E-state index contributed by atoms with van der Waals surface area (Å²) >= 11 is 0. The molecule has 0 aromatic rings. The Balaban J connectivity index is 3.58. The summed E-state index contributed by atoms with van der Waals surface area (Å²) in [6.07, 6.45) is 9.35. The molecule has 1 atom stereocenters. The van der Waals surface area contributed by atoms with Crippen molar-refractivity contribution in [2.45, 2.75) is 98.5 Å². The van der Waals surface area contributed by atoms with Crippen molar-refractivity contribution in [1.82, 2.24) is 0 Å². The van der Waals surface area contributed by atoms with Gasteiger partial charge in [0.1, 0.15) is 0 Å². The van der Waals surface area contributed by atoms with Gasteiger partial charge in [0.05, 0.1) is 5.60 Å². The summed E-state index contributed by atoms with van der Waals surface area (Å²) in [6.45, 7) is 13.4. The van der Waals surface area contributed by atoms with Crippen molar-refractivity contribution in [3.63, 3.8) is 0 Å². The standard InChI is InChI=1S/C17H36O/c1-15(2)11-10-14-17(6,18)13-9-7-8-12-16(3,4)5/h15,18H,7-14H2,1-6H3. The molecule has 0 amide bonds. The van der Waals surface area contributed by atoms with Crippen molar-refractivity contribution in [2.75, 3.05) is 0 Å². The van der Waals surface area contributed by atoms with E-state index < -0.39 is 5.60 Å². The molecule has 0 aliphatic heterocycles. The Bertz CT molecular complexity index is 198. The summed E-state index contributed by atoms with van der Waals surface area (Å²) in [4.78, 5) is 0. The van der Waals surface area contributed by atoms with Crippen LogP contribution in [0.3, 0.4) is 0 Å². The second-order valence-electron chi connectivity index (χ2n) is 7.90. The highest BCUT2D eigenvalue weighted by Gasteiger charge is 2.19. The van der Waals surface area contributed by atoms with E-state index in [4.69, 9.17) is 0 Å². The molecule has 0 rings (SSSR count). The zero-order valence-electron chi connectivity index (χ0n) is 13.7. The lowest BCUT2D eigenvalue weighted by atomic mass is 9.87. The van der Waals surface area contributed by atoms with E-state index in [0.717, 1.165) is 25.2 Å². The third-order valence-electron chi connectivity index (χ3n) is 3.64. The van der Waals surface area contributed by atoms with Crippen LogP contribution in [0.2, 0.25) is 0 Å². The van der Waals surface area contributed by atoms with Crippen molar-refractivity contribution in [3.05, 3.63) is 0 Å². The molecule has 1 nitrogen and oxygen atoms in total. The van der Waals surface area contributed by atoms with Gasteiger partial charge in [-0.15, -0.1) is 0 Å². The molecule has 0 bridgehead atoms. The minimum atomic E-state index is -0.434. The molecule has 0 spiro atoms. The van der Waals surface area contributed by atoms with Crippen LogP contribution >= 0.6 is 0 Å². The summed E-state index contributed by atoms with van der Waals surface area (Å²) < 4.78 is 0. The number of hydrogen-bond donors (Lipinski definition) is 1. The van der Waals surface area contributed by atoms with Crippen LogP contribution in [0.4, 0.5) is 0 Å². The quantitative estimate of drug-likeness (QED) is 0.535. The zero-order valence-corrected chi connectivity index (χ0v) is 13.7. The third kappa shape index (κ3) is 12.4. The summed E-state index contributed by atoms with van der Waals surface area (Å²) in [5, 5.41) is 10.3. The SMILES string of the molecule is CC(C)CCCC(C)(O)CCCCCC(C)(C)C. The molecular formula is C17H36O. The number of unbranched alkanes of at least 4 members (excludes halogenated alkanes) is 2. The molecule has 0 fully saturated rings. The van der Waals surface area contributed by atoms with E-state index in [1.165, 1.54) is 32.1 Å².